The number of quaternary nitrogens is 1. The number of hydrogen-bond donors (Lipinski definition) is 0. The first-order chi connectivity index (χ1) is 15.6. The van der Waals surface area contributed by atoms with E-state index < -0.39 is 0 Å². The zero-order chi connectivity index (χ0) is 23.8. The van der Waals surface area contributed by atoms with Crippen LogP contribution in [-0.4, -0.2) is 43.3 Å². The molecular weight excluding hydrogens is 388 g/mol. The number of allylic oxidation sites excluding steroid dienone is 2. The van der Waals surface area contributed by atoms with Crippen LogP contribution in [-0.2, 0) is 0 Å². The van der Waals surface area contributed by atoms with E-state index in [2.05, 4.69) is 57.8 Å². The van der Waals surface area contributed by atoms with Gasteiger partial charge in [0.05, 0.1) is 27.2 Å². The van der Waals surface area contributed by atoms with Gasteiger partial charge in [-0.15, -0.1) is 6.58 Å². The first-order valence-corrected chi connectivity index (χ1v) is 14.4. The quantitative estimate of drug-likeness (QED) is 0.0580. The monoisotopic (exact) mass is 449 g/mol. The number of unbranched alkanes of at least 4 members (excludes halogenated alkanes) is 16. The molecule has 0 aromatic rings. The molecule has 0 saturated heterocycles. The minimum atomic E-state index is 0.997. The Morgan fingerprint density at radius 2 is 1.03 bits per heavy atom. The van der Waals surface area contributed by atoms with Crippen molar-refractivity contribution in [3.8, 4) is 0 Å². The van der Waals surface area contributed by atoms with Crippen LogP contribution in [0.2, 0.25) is 0 Å². The first-order valence-electron chi connectivity index (χ1n) is 14.4. The molecule has 0 saturated carbocycles. The summed E-state index contributed by atoms with van der Waals surface area (Å²) in [7, 11) is 4.67. The van der Waals surface area contributed by atoms with Crippen molar-refractivity contribution in [2.75, 3.05) is 33.7 Å². The average Bonchev–Trinajstić information content (AvgIpc) is 2.77. The minimum Gasteiger partial charge on any atom is -0.248 e. The lowest BCUT2D eigenvalue weighted by molar-refractivity contribution is -1.00. The van der Waals surface area contributed by atoms with Gasteiger partial charge in [-0.25, -0.2) is 4.59 Å². The summed E-state index contributed by atoms with van der Waals surface area (Å²) in [6.07, 6.45) is 33.3. The Hall–Kier alpha value is -0.600. The van der Waals surface area contributed by atoms with Crippen molar-refractivity contribution in [2.45, 2.75) is 136 Å². The van der Waals surface area contributed by atoms with Gasteiger partial charge in [-0.2, -0.15) is 5.01 Å². The predicted octanol–water partition coefficient (Wildman–Crippen LogP) is 9.47. The second-order valence-corrected chi connectivity index (χ2v) is 10.4. The maximum atomic E-state index is 3.95. The predicted molar refractivity (Wildman–Crippen MR) is 147 cm³/mol. The first kappa shape index (κ1) is 31.4. The van der Waals surface area contributed by atoms with Crippen LogP contribution < -0.4 is 0 Å². The zero-order valence-electron chi connectivity index (χ0n) is 22.9. The molecule has 0 atom stereocenters. The molecular formula is C30H61N2+. The molecule has 0 rings (SSSR count). The molecule has 0 aliphatic heterocycles. The Bertz CT molecular complexity index is 413. The van der Waals surface area contributed by atoms with E-state index in [1.165, 1.54) is 135 Å². The van der Waals surface area contributed by atoms with E-state index in [4.69, 9.17) is 0 Å². The van der Waals surface area contributed by atoms with E-state index in [0.29, 0.717) is 0 Å². The molecule has 0 aliphatic rings. The maximum Gasteiger partial charge on any atom is 0.0957 e. The van der Waals surface area contributed by atoms with Gasteiger partial charge in [-0.3, -0.25) is 0 Å². The molecule has 0 unspecified atom stereocenters. The van der Waals surface area contributed by atoms with Crippen molar-refractivity contribution < 1.29 is 4.59 Å². The van der Waals surface area contributed by atoms with Crippen molar-refractivity contribution in [1.29, 1.82) is 0 Å². The Balaban J connectivity index is 3.42. The Labute approximate surface area is 204 Å². The van der Waals surface area contributed by atoms with Crippen molar-refractivity contribution >= 4 is 0 Å². The fraction of sp³-hybridized carbons (Fsp3) is 0.867. The van der Waals surface area contributed by atoms with Gasteiger partial charge in [0, 0.05) is 6.54 Å². The van der Waals surface area contributed by atoms with Crippen LogP contribution in [0.4, 0.5) is 0 Å². The SMILES string of the molecule is C=CCN(CCCCCCCCCCCC/C=C\CCCCCCCC)[N+](C)(C)CCC. The molecule has 32 heavy (non-hydrogen) atoms. The Morgan fingerprint density at radius 1 is 0.594 bits per heavy atom. The van der Waals surface area contributed by atoms with Gasteiger partial charge in [0.25, 0.3) is 0 Å². The van der Waals surface area contributed by atoms with Gasteiger partial charge < -0.3 is 0 Å². The lowest BCUT2D eigenvalue weighted by Gasteiger charge is -2.39. The lowest BCUT2D eigenvalue weighted by atomic mass is 10.1. The third-order valence-electron chi connectivity index (χ3n) is 6.80. The van der Waals surface area contributed by atoms with Crippen molar-refractivity contribution in [1.82, 2.24) is 5.01 Å². The second-order valence-electron chi connectivity index (χ2n) is 10.4. The molecule has 0 radical (unpaired) electrons. The van der Waals surface area contributed by atoms with E-state index >= 15 is 0 Å². The molecule has 190 valence electrons. The van der Waals surface area contributed by atoms with Crippen molar-refractivity contribution in [3.05, 3.63) is 24.8 Å². The summed E-state index contributed by atoms with van der Waals surface area (Å²) < 4.78 is 0.997. The largest absolute Gasteiger partial charge is 0.248 e. The molecule has 0 fully saturated rings. The zero-order valence-corrected chi connectivity index (χ0v) is 22.9. The fourth-order valence-corrected chi connectivity index (χ4v) is 4.67. The van der Waals surface area contributed by atoms with E-state index in [1.807, 2.05) is 0 Å². The Morgan fingerprint density at radius 3 is 1.47 bits per heavy atom. The lowest BCUT2D eigenvalue weighted by Crippen LogP contribution is -2.55. The third-order valence-corrected chi connectivity index (χ3v) is 6.80. The molecule has 0 bridgehead atoms. The van der Waals surface area contributed by atoms with Crippen LogP contribution in [0, 0.1) is 0 Å². The number of rotatable bonds is 25. The summed E-state index contributed by atoms with van der Waals surface area (Å²) in [5.74, 6) is 0. The molecule has 2 nitrogen and oxygen atoms in total. The van der Waals surface area contributed by atoms with E-state index in [1.54, 1.807) is 0 Å². The molecule has 0 amide bonds. The molecule has 0 aliphatic carbocycles. The van der Waals surface area contributed by atoms with Gasteiger partial charge in [-0.05, 0) is 38.5 Å². The normalized spacial score (nSPS) is 12.3. The standard InChI is InChI=1S/C30H61N2/c1-6-9-10-11-12-13-14-15-16-17-18-19-20-21-22-23-24-25-26-27-29-31(28-7-2)32(4,5)30-8-3/h7,15-16H,2,6,8-14,17-30H2,1,3-5H3/q+1/b16-15-. The smallest absolute Gasteiger partial charge is 0.0957 e. The highest BCUT2D eigenvalue weighted by Crippen LogP contribution is 2.14. The minimum absolute atomic E-state index is 0.997. The summed E-state index contributed by atoms with van der Waals surface area (Å²) in [5, 5.41) is 2.57. The third kappa shape index (κ3) is 20.0. The fourth-order valence-electron chi connectivity index (χ4n) is 4.67. The van der Waals surface area contributed by atoms with Crippen LogP contribution in [0.1, 0.15) is 136 Å². The molecule has 2 heteroatoms. The van der Waals surface area contributed by atoms with Gasteiger partial charge in [0.1, 0.15) is 0 Å². The highest BCUT2D eigenvalue weighted by Gasteiger charge is 2.22. The van der Waals surface area contributed by atoms with E-state index in [0.717, 1.165) is 11.1 Å². The molecule has 0 heterocycles. The topological polar surface area (TPSA) is 3.24 Å². The van der Waals surface area contributed by atoms with E-state index in [9.17, 15) is 0 Å². The summed E-state index contributed by atoms with van der Waals surface area (Å²) in [4.78, 5) is 0. The summed E-state index contributed by atoms with van der Waals surface area (Å²) in [6.45, 7) is 11.9. The number of hydrogen-bond acceptors (Lipinski definition) is 1. The van der Waals surface area contributed by atoms with Gasteiger partial charge in [0.15, 0.2) is 0 Å². The highest BCUT2D eigenvalue weighted by atomic mass is 15.7. The molecule has 0 N–H and O–H groups in total. The van der Waals surface area contributed by atoms with Crippen LogP contribution in [0.3, 0.4) is 0 Å². The molecule has 0 spiro atoms. The van der Waals surface area contributed by atoms with Gasteiger partial charge >= 0.3 is 0 Å². The van der Waals surface area contributed by atoms with Gasteiger partial charge in [-0.1, -0.05) is 116 Å². The van der Waals surface area contributed by atoms with Crippen LogP contribution in [0.25, 0.3) is 0 Å². The van der Waals surface area contributed by atoms with Gasteiger partial charge in [0.2, 0.25) is 0 Å². The average molecular weight is 450 g/mol. The number of nitrogens with zero attached hydrogens (tertiary/aromatic N) is 2. The maximum absolute atomic E-state index is 3.95. The summed E-state index contributed by atoms with van der Waals surface area (Å²) in [6, 6.07) is 0. The van der Waals surface area contributed by atoms with Crippen LogP contribution in [0.5, 0.6) is 0 Å². The molecule has 0 aromatic carbocycles. The summed E-state index contributed by atoms with van der Waals surface area (Å²) >= 11 is 0. The van der Waals surface area contributed by atoms with E-state index in [-0.39, 0.29) is 0 Å². The summed E-state index contributed by atoms with van der Waals surface area (Å²) in [5.41, 5.74) is 0. The van der Waals surface area contributed by atoms with Crippen LogP contribution >= 0.6 is 0 Å². The van der Waals surface area contributed by atoms with Crippen molar-refractivity contribution in [2.24, 2.45) is 0 Å². The van der Waals surface area contributed by atoms with Crippen LogP contribution in [0.15, 0.2) is 24.8 Å². The second kappa shape index (κ2) is 23.6. The highest BCUT2D eigenvalue weighted by molar-refractivity contribution is 4.81. The molecule has 0 aromatic heterocycles. The Kier molecular flexibility index (Phi) is 23.1. The van der Waals surface area contributed by atoms with Crippen molar-refractivity contribution in [3.63, 3.8) is 0 Å².